The number of carbonyl (C=O) groups is 1. The first-order chi connectivity index (χ1) is 13.9. The van der Waals surface area contributed by atoms with Crippen LogP contribution in [0.2, 0.25) is 10.0 Å². The van der Waals surface area contributed by atoms with Gasteiger partial charge in [0.25, 0.3) is 0 Å². The van der Waals surface area contributed by atoms with Crippen LogP contribution in [0.1, 0.15) is 19.4 Å². The van der Waals surface area contributed by atoms with Crippen molar-refractivity contribution >= 4 is 40.8 Å². The molecule has 30 heavy (non-hydrogen) atoms. The van der Waals surface area contributed by atoms with Gasteiger partial charge in [0.05, 0.1) is 10.9 Å². The zero-order valence-electron chi connectivity index (χ0n) is 16.1. The molecule has 1 saturated carbocycles. The maximum atomic E-state index is 12.7. The second kappa shape index (κ2) is 8.45. The highest BCUT2D eigenvalue weighted by molar-refractivity contribution is 6.37. The average molecular weight is 478 g/mol. The summed E-state index contributed by atoms with van der Waals surface area (Å²) in [5.41, 5.74) is 1.35. The summed E-state index contributed by atoms with van der Waals surface area (Å²) in [5, 5.41) is -0.551. The second-order valence-electron chi connectivity index (χ2n) is 7.70. The van der Waals surface area contributed by atoms with Crippen LogP contribution in [-0.4, -0.2) is 12.1 Å². The number of esters is 1. The van der Waals surface area contributed by atoms with Gasteiger partial charge in [-0.25, -0.2) is 0 Å². The summed E-state index contributed by atoms with van der Waals surface area (Å²) in [5.74, 6) is -2.02. The molecule has 160 valence electrons. The topological polar surface area (TPSA) is 26.3 Å². The molecular weight excluding hydrogens is 460 g/mol. The Morgan fingerprint density at radius 3 is 2.37 bits per heavy atom. The van der Waals surface area contributed by atoms with Gasteiger partial charge in [0.1, 0.15) is 11.6 Å². The van der Waals surface area contributed by atoms with Crippen molar-refractivity contribution in [1.29, 1.82) is 0 Å². The summed E-state index contributed by atoms with van der Waals surface area (Å²) in [6, 6.07) is 12.8. The summed E-state index contributed by atoms with van der Waals surface area (Å²) in [6.45, 7) is 3.19. The maximum absolute atomic E-state index is 12.7. The third-order valence-corrected chi connectivity index (χ3v) is 6.52. The largest absolute Gasteiger partial charge is 0.460 e. The van der Waals surface area contributed by atoms with Crippen LogP contribution in [0.5, 0.6) is 0 Å². The van der Waals surface area contributed by atoms with E-state index < -0.39 is 34.4 Å². The summed E-state index contributed by atoms with van der Waals surface area (Å²) in [4.78, 5) is 12.6. The van der Waals surface area contributed by atoms with Gasteiger partial charge in [-0.05, 0) is 23.0 Å². The quantitative estimate of drug-likeness (QED) is 0.413. The van der Waals surface area contributed by atoms with Crippen molar-refractivity contribution in [2.24, 2.45) is 17.3 Å². The van der Waals surface area contributed by atoms with E-state index in [0.29, 0.717) is 15.6 Å². The predicted molar refractivity (Wildman–Crippen MR) is 112 cm³/mol. The fraction of sp³-hybridized carbons (Fsp3) is 0.318. The number of allylic oxidation sites excluding steroid dienone is 2. The Labute approximate surface area is 187 Å². The van der Waals surface area contributed by atoms with Gasteiger partial charge in [-0.15, -0.1) is 0 Å². The van der Waals surface area contributed by atoms with Crippen LogP contribution < -0.4 is 0 Å². The minimum Gasteiger partial charge on any atom is -0.460 e. The van der Waals surface area contributed by atoms with Gasteiger partial charge in [0, 0.05) is 16.1 Å². The molecule has 2 aromatic rings. The molecule has 0 bridgehead atoms. The molecule has 0 spiro atoms. The maximum Gasteiger partial charge on any atom is 0.426 e. The van der Waals surface area contributed by atoms with Crippen LogP contribution in [0.4, 0.5) is 13.2 Å². The Morgan fingerprint density at radius 2 is 1.77 bits per heavy atom. The third kappa shape index (κ3) is 4.63. The van der Waals surface area contributed by atoms with E-state index in [1.54, 1.807) is 26.0 Å². The molecule has 8 heteroatoms. The van der Waals surface area contributed by atoms with Gasteiger partial charge in [-0.3, -0.25) is 4.79 Å². The molecule has 2 nitrogen and oxygen atoms in total. The molecule has 2 atom stereocenters. The summed E-state index contributed by atoms with van der Waals surface area (Å²) >= 11 is 18.1. The number of alkyl halides is 3. The Morgan fingerprint density at radius 1 is 1.13 bits per heavy atom. The molecule has 0 radical (unpaired) electrons. The highest BCUT2D eigenvalue weighted by Crippen LogP contribution is 2.60. The van der Waals surface area contributed by atoms with E-state index in [-0.39, 0.29) is 6.61 Å². The lowest BCUT2D eigenvalue weighted by Crippen LogP contribution is -2.11. The van der Waals surface area contributed by atoms with Gasteiger partial charge in [0.15, 0.2) is 0 Å². The predicted octanol–water partition coefficient (Wildman–Crippen LogP) is 7.66. The van der Waals surface area contributed by atoms with Crippen molar-refractivity contribution in [2.45, 2.75) is 26.6 Å². The van der Waals surface area contributed by atoms with E-state index in [0.717, 1.165) is 17.2 Å². The molecule has 2 aromatic carbocycles. The minimum absolute atomic E-state index is 0.187. The van der Waals surface area contributed by atoms with Gasteiger partial charge in [0.2, 0.25) is 0 Å². The Bertz CT molecular complexity index is 985. The third-order valence-electron chi connectivity index (χ3n) is 5.39. The zero-order valence-corrected chi connectivity index (χ0v) is 18.3. The molecular formula is C22H18Cl3F3O2. The summed E-state index contributed by atoms with van der Waals surface area (Å²) in [6.07, 6.45) is -3.77. The fourth-order valence-corrected chi connectivity index (χ4v) is 4.22. The lowest BCUT2D eigenvalue weighted by molar-refractivity contribution is -0.147. The molecule has 0 aromatic heterocycles. The van der Waals surface area contributed by atoms with Crippen LogP contribution in [-0.2, 0) is 16.1 Å². The number of ether oxygens (including phenoxy) is 1. The molecule has 1 fully saturated rings. The average Bonchev–Trinajstić information content (AvgIpc) is 3.21. The fourth-order valence-electron chi connectivity index (χ4n) is 3.49. The van der Waals surface area contributed by atoms with Crippen molar-refractivity contribution in [2.75, 3.05) is 0 Å². The number of carbonyl (C=O) groups excluding carboxylic acids is 1. The molecule has 1 aliphatic carbocycles. The highest BCUT2D eigenvalue weighted by Gasteiger charge is 2.62. The summed E-state index contributed by atoms with van der Waals surface area (Å²) < 4.78 is 43.5. The number of hydrogen-bond donors (Lipinski definition) is 0. The number of halogens is 6. The van der Waals surface area contributed by atoms with E-state index in [4.69, 9.17) is 39.5 Å². The molecule has 0 amide bonds. The second-order valence-corrected chi connectivity index (χ2v) is 8.89. The van der Waals surface area contributed by atoms with Crippen LogP contribution in [0, 0.1) is 17.3 Å². The Kier molecular flexibility index (Phi) is 6.47. The SMILES string of the molecule is CC1(C)[C@H](C(=O)OCc2c(Cl)ccc(-c3ccccc3)c2Cl)[C@@H]1/C=C(/Cl)C(F)(F)F. The molecule has 0 aliphatic heterocycles. The molecule has 0 N–H and O–H groups in total. The Hall–Kier alpha value is -1.69. The molecule has 0 unspecified atom stereocenters. The lowest BCUT2D eigenvalue weighted by Gasteiger charge is -2.13. The van der Waals surface area contributed by atoms with Crippen LogP contribution in [0.3, 0.4) is 0 Å². The first-order valence-electron chi connectivity index (χ1n) is 9.08. The van der Waals surface area contributed by atoms with Crippen molar-refractivity contribution < 1.29 is 22.7 Å². The summed E-state index contributed by atoms with van der Waals surface area (Å²) in [7, 11) is 0. The zero-order chi connectivity index (χ0) is 22.3. The van der Waals surface area contributed by atoms with E-state index in [1.807, 2.05) is 30.3 Å². The number of rotatable bonds is 5. The van der Waals surface area contributed by atoms with E-state index in [2.05, 4.69) is 0 Å². The van der Waals surface area contributed by atoms with Crippen molar-refractivity contribution in [3.63, 3.8) is 0 Å². The van der Waals surface area contributed by atoms with Crippen LogP contribution in [0.15, 0.2) is 53.6 Å². The van der Waals surface area contributed by atoms with Gasteiger partial charge >= 0.3 is 12.1 Å². The van der Waals surface area contributed by atoms with Crippen molar-refractivity contribution in [1.82, 2.24) is 0 Å². The normalized spacial score (nSPS) is 20.7. The van der Waals surface area contributed by atoms with Crippen LogP contribution in [0.25, 0.3) is 11.1 Å². The number of benzene rings is 2. The number of hydrogen-bond acceptors (Lipinski definition) is 2. The lowest BCUT2D eigenvalue weighted by atomic mass is 10.0. The molecule has 3 rings (SSSR count). The van der Waals surface area contributed by atoms with E-state index >= 15 is 0 Å². The molecule has 1 aliphatic rings. The first-order valence-corrected chi connectivity index (χ1v) is 10.2. The molecule has 0 heterocycles. The van der Waals surface area contributed by atoms with Crippen molar-refractivity contribution in [3.05, 3.63) is 69.2 Å². The van der Waals surface area contributed by atoms with E-state index in [1.165, 1.54) is 0 Å². The van der Waals surface area contributed by atoms with Gasteiger partial charge in [-0.2, -0.15) is 13.2 Å². The monoisotopic (exact) mass is 476 g/mol. The van der Waals surface area contributed by atoms with Crippen molar-refractivity contribution in [3.8, 4) is 11.1 Å². The highest BCUT2D eigenvalue weighted by atomic mass is 35.5. The Balaban J connectivity index is 1.76. The van der Waals surface area contributed by atoms with Gasteiger partial charge in [-0.1, -0.05) is 91.1 Å². The minimum atomic E-state index is -4.65. The van der Waals surface area contributed by atoms with Gasteiger partial charge < -0.3 is 4.74 Å². The first kappa shape index (κ1) is 23.0. The molecule has 0 saturated heterocycles. The standard InChI is InChI=1S/C22H18Cl3F3O2/c1-21(2)15(10-17(24)22(26,27)28)18(21)20(29)30-11-14-16(23)9-8-13(19(14)25)12-6-4-3-5-7-12/h3-10,15,18H,11H2,1-2H3/b17-10+/t15-,18-/m0/s1. The smallest absolute Gasteiger partial charge is 0.426 e. The van der Waals surface area contributed by atoms with E-state index in [9.17, 15) is 18.0 Å². The van der Waals surface area contributed by atoms with Crippen LogP contribution >= 0.6 is 34.8 Å².